The number of rotatable bonds is 11. The van der Waals surface area contributed by atoms with Gasteiger partial charge in [-0.05, 0) is 67.3 Å². The number of ether oxygens (including phenoxy) is 1. The predicted molar refractivity (Wildman–Crippen MR) is 168 cm³/mol. The maximum atomic E-state index is 13.6. The average molecular weight is 679 g/mol. The van der Waals surface area contributed by atoms with Gasteiger partial charge in [0.1, 0.15) is 6.04 Å². The van der Waals surface area contributed by atoms with E-state index in [1.54, 1.807) is 42.5 Å². The van der Waals surface area contributed by atoms with Crippen molar-refractivity contribution in [1.29, 1.82) is 0 Å². The van der Waals surface area contributed by atoms with Gasteiger partial charge in [0.15, 0.2) is 0 Å². The molecule has 244 valence electrons. The summed E-state index contributed by atoms with van der Waals surface area (Å²) in [6.45, 7) is 0.0535. The third-order valence-corrected chi connectivity index (χ3v) is 8.65. The number of anilines is 1. The number of carbonyl (C=O) groups is 4. The molecule has 46 heavy (non-hydrogen) atoms. The molecule has 0 spiro atoms. The Morgan fingerprint density at radius 1 is 0.913 bits per heavy atom. The summed E-state index contributed by atoms with van der Waals surface area (Å²) in [5.41, 5.74) is -0.661. The van der Waals surface area contributed by atoms with Crippen LogP contribution in [-0.4, -0.2) is 43.4 Å². The second kappa shape index (κ2) is 15.0. The van der Waals surface area contributed by atoms with E-state index in [0.29, 0.717) is 24.1 Å². The van der Waals surface area contributed by atoms with Crippen molar-refractivity contribution in [1.82, 2.24) is 10.6 Å². The van der Waals surface area contributed by atoms with Crippen LogP contribution in [0.1, 0.15) is 63.9 Å². The molecule has 0 aromatic heterocycles. The maximum Gasteiger partial charge on any atom is 0.416 e. The van der Waals surface area contributed by atoms with Gasteiger partial charge in [0.2, 0.25) is 5.91 Å². The van der Waals surface area contributed by atoms with Crippen LogP contribution in [0.4, 0.5) is 18.9 Å². The van der Waals surface area contributed by atoms with Crippen LogP contribution in [0.15, 0.2) is 66.7 Å². The summed E-state index contributed by atoms with van der Waals surface area (Å²) >= 11 is 12.2. The second-order valence-corrected chi connectivity index (χ2v) is 11.9. The quantitative estimate of drug-likeness (QED) is 0.192. The molecular weight excluding hydrogens is 646 g/mol. The molecule has 1 atom stereocenters. The largest absolute Gasteiger partial charge is 0.467 e. The van der Waals surface area contributed by atoms with Gasteiger partial charge >= 0.3 is 12.1 Å². The van der Waals surface area contributed by atoms with Crippen molar-refractivity contribution in [2.75, 3.05) is 19.0 Å². The number of amides is 3. The van der Waals surface area contributed by atoms with Gasteiger partial charge in [-0.2, -0.15) is 13.2 Å². The molecule has 0 aliphatic heterocycles. The molecule has 1 aliphatic carbocycles. The summed E-state index contributed by atoms with van der Waals surface area (Å²) in [4.78, 5) is 51.6. The molecular formula is C33H32Cl2F3N3O5. The minimum Gasteiger partial charge on any atom is -0.467 e. The van der Waals surface area contributed by atoms with E-state index in [4.69, 9.17) is 27.9 Å². The van der Waals surface area contributed by atoms with Crippen LogP contribution in [0.3, 0.4) is 0 Å². The van der Waals surface area contributed by atoms with Crippen molar-refractivity contribution in [2.45, 2.75) is 50.7 Å². The fourth-order valence-electron chi connectivity index (χ4n) is 5.51. The Labute approximate surface area is 274 Å². The number of benzene rings is 3. The second-order valence-electron chi connectivity index (χ2n) is 11.1. The Morgan fingerprint density at radius 3 is 2.15 bits per heavy atom. The van der Waals surface area contributed by atoms with Crippen molar-refractivity contribution < 1.29 is 37.1 Å². The first-order valence-electron chi connectivity index (χ1n) is 14.5. The molecule has 3 N–H and O–H groups in total. The van der Waals surface area contributed by atoms with Crippen molar-refractivity contribution in [3.63, 3.8) is 0 Å². The molecule has 0 saturated heterocycles. The SMILES string of the molecule is COC(=O)C(Cc1ccc(NC(=O)c2c(Cl)cccc2Cl)cc1)NC(=O)C1(CCNC(=O)c2cccc(C(F)(F)F)c2)CCCC1. The minimum absolute atomic E-state index is 0.0535. The monoisotopic (exact) mass is 677 g/mol. The minimum atomic E-state index is -4.58. The van der Waals surface area contributed by atoms with Crippen LogP contribution in [0, 0.1) is 5.41 Å². The van der Waals surface area contributed by atoms with Gasteiger partial charge in [-0.3, -0.25) is 14.4 Å². The molecule has 3 amide bonds. The molecule has 8 nitrogen and oxygen atoms in total. The van der Waals surface area contributed by atoms with E-state index >= 15 is 0 Å². The average Bonchev–Trinajstić information content (AvgIpc) is 3.51. The zero-order chi connectivity index (χ0) is 33.5. The molecule has 1 unspecified atom stereocenters. The fourth-order valence-corrected chi connectivity index (χ4v) is 6.08. The summed E-state index contributed by atoms with van der Waals surface area (Å²) in [6.07, 6.45) is -1.66. The highest BCUT2D eigenvalue weighted by molar-refractivity contribution is 6.40. The van der Waals surface area contributed by atoms with Crippen molar-refractivity contribution >= 4 is 52.6 Å². The van der Waals surface area contributed by atoms with Gasteiger partial charge in [-0.1, -0.05) is 60.3 Å². The van der Waals surface area contributed by atoms with Crippen LogP contribution in [0.25, 0.3) is 0 Å². The number of nitrogens with one attached hydrogen (secondary N) is 3. The molecule has 0 heterocycles. The number of carbonyl (C=O) groups excluding carboxylic acids is 4. The standard InChI is InChI=1S/C33H32Cl2F3N3O5/c1-46-30(44)26(18-20-10-12-23(13-11-20)40-29(43)27-24(34)8-5-9-25(27)35)41-31(45)32(14-2-3-15-32)16-17-39-28(42)21-6-4-7-22(19-21)33(36,37)38/h4-13,19,26H,2-3,14-18H2,1H3,(H,39,42)(H,40,43)(H,41,45). The van der Waals surface area contributed by atoms with E-state index in [0.717, 1.165) is 31.0 Å². The van der Waals surface area contributed by atoms with E-state index in [2.05, 4.69) is 16.0 Å². The zero-order valence-electron chi connectivity index (χ0n) is 24.8. The lowest BCUT2D eigenvalue weighted by molar-refractivity contribution is -0.146. The highest BCUT2D eigenvalue weighted by Gasteiger charge is 2.42. The number of alkyl halides is 3. The fraction of sp³-hybridized carbons (Fsp3) is 0.333. The predicted octanol–water partition coefficient (Wildman–Crippen LogP) is 6.85. The number of methoxy groups -OCH3 is 1. The Balaban J connectivity index is 1.39. The topological polar surface area (TPSA) is 114 Å². The summed E-state index contributed by atoms with van der Waals surface area (Å²) in [5.74, 6) is -2.18. The Morgan fingerprint density at radius 2 is 1.54 bits per heavy atom. The van der Waals surface area contributed by atoms with Gasteiger partial charge in [0.25, 0.3) is 11.8 Å². The van der Waals surface area contributed by atoms with Crippen LogP contribution in [0.2, 0.25) is 10.0 Å². The summed E-state index contributed by atoms with van der Waals surface area (Å²) in [6, 6.07) is 14.5. The van der Waals surface area contributed by atoms with Crippen molar-refractivity contribution in [3.8, 4) is 0 Å². The summed E-state index contributed by atoms with van der Waals surface area (Å²) < 4.78 is 44.1. The van der Waals surface area contributed by atoms with Crippen LogP contribution in [-0.2, 0) is 26.9 Å². The third-order valence-electron chi connectivity index (χ3n) is 8.02. The lowest BCUT2D eigenvalue weighted by atomic mass is 9.81. The molecule has 1 aliphatic rings. The lowest BCUT2D eigenvalue weighted by Crippen LogP contribution is -2.50. The van der Waals surface area contributed by atoms with E-state index in [1.165, 1.54) is 13.2 Å². The normalized spacial score (nSPS) is 14.7. The van der Waals surface area contributed by atoms with Gasteiger partial charge in [-0.25, -0.2) is 4.79 Å². The molecule has 1 fully saturated rings. The van der Waals surface area contributed by atoms with Crippen molar-refractivity contribution in [3.05, 3.63) is 99.0 Å². The smallest absolute Gasteiger partial charge is 0.416 e. The first kappa shape index (κ1) is 34.8. The highest BCUT2D eigenvalue weighted by Crippen LogP contribution is 2.41. The molecule has 13 heteroatoms. The number of halogens is 5. The lowest BCUT2D eigenvalue weighted by Gasteiger charge is -2.30. The number of hydrogen-bond acceptors (Lipinski definition) is 5. The summed E-state index contributed by atoms with van der Waals surface area (Å²) in [7, 11) is 1.22. The summed E-state index contributed by atoms with van der Waals surface area (Å²) in [5, 5.41) is 8.58. The van der Waals surface area contributed by atoms with Gasteiger partial charge in [0.05, 0.1) is 33.7 Å². The van der Waals surface area contributed by atoms with Crippen LogP contribution in [0.5, 0.6) is 0 Å². The molecule has 3 aromatic rings. The first-order chi connectivity index (χ1) is 21.8. The maximum absolute atomic E-state index is 13.6. The van der Waals surface area contributed by atoms with Crippen LogP contribution < -0.4 is 16.0 Å². The number of esters is 1. The highest BCUT2D eigenvalue weighted by atomic mass is 35.5. The van der Waals surface area contributed by atoms with Crippen molar-refractivity contribution in [2.24, 2.45) is 5.41 Å². The Bertz CT molecular complexity index is 1570. The molecule has 0 radical (unpaired) electrons. The number of hydrogen-bond donors (Lipinski definition) is 3. The van der Waals surface area contributed by atoms with E-state index < -0.39 is 41.0 Å². The van der Waals surface area contributed by atoms with Gasteiger partial charge in [0, 0.05) is 24.2 Å². The van der Waals surface area contributed by atoms with Crippen LogP contribution >= 0.6 is 23.2 Å². The molecule has 0 bridgehead atoms. The van der Waals surface area contributed by atoms with E-state index in [1.807, 2.05) is 0 Å². The van der Waals surface area contributed by atoms with Gasteiger partial charge < -0.3 is 20.7 Å². The Kier molecular flexibility index (Phi) is 11.3. The molecule has 3 aromatic carbocycles. The molecule has 4 rings (SSSR count). The first-order valence-corrected chi connectivity index (χ1v) is 15.3. The molecule has 1 saturated carbocycles. The Hall–Kier alpha value is -4.09. The third kappa shape index (κ3) is 8.58. The zero-order valence-corrected chi connectivity index (χ0v) is 26.3. The van der Waals surface area contributed by atoms with E-state index in [9.17, 15) is 32.3 Å². The van der Waals surface area contributed by atoms with E-state index in [-0.39, 0.29) is 46.5 Å². The van der Waals surface area contributed by atoms with Gasteiger partial charge in [-0.15, -0.1) is 0 Å².